The van der Waals surface area contributed by atoms with Crippen molar-refractivity contribution in [2.45, 2.75) is 56.9 Å². The Morgan fingerprint density at radius 1 is 1.12 bits per heavy atom. The third-order valence-electron chi connectivity index (χ3n) is 6.22. The highest BCUT2D eigenvalue weighted by Gasteiger charge is 2.28. The maximum atomic E-state index is 13.3. The smallest absolute Gasteiger partial charge is 0.242 e. The molecule has 2 aromatic carbocycles. The van der Waals surface area contributed by atoms with Crippen LogP contribution in [0.25, 0.3) is 0 Å². The third kappa shape index (κ3) is 6.80. The van der Waals surface area contributed by atoms with Crippen molar-refractivity contribution in [3.8, 4) is 0 Å². The molecule has 0 bridgehead atoms. The van der Waals surface area contributed by atoms with Gasteiger partial charge in [0.15, 0.2) is 0 Å². The number of aryl methyl sites for hydroxylation is 1. The number of nitrogens with two attached hydrogens (primary N) is 1. The summed E-state index contributed by atoms with van der Waals surface area (Å²) in [5, 5.41) is 2.83. The molecule has 0 radical (unpaired) electrons. The monoisotopic (exact) mass is 486 g/mol. The number of carbonyl (C=O) groups is 2. The molecule has 2 amide bonds. The SMILES string of the molecule is CCC(C)NS(=O)(=O)c1cc(NC(=O)CCc2ccccc2)ccc1N1CCC(C(N)=O)CC1. The van der Waals surface area contributed by atoms with Crippen LogP contribution in [0.3, 0.4) is 0 Å². The number of hydrogen-bond acceptors (Lipinski definition) is 5. The average molecular weight is 487 g/mol. The van der Waals surface area contributed by atoms with Gasteiger partial charge in [0.25, 0.3) is 0 Å². The van der Waals surface area contributed by atoms with Crippen molar-refractivity contribution < 1.29 is 18.0 Å². The standard InChI is InChI=1S/C25H34N4O4S/c1-3-18(2)28-34(32,33)23-17-21(27-24(30)12-9-19-7-5-4-6-8-19)10-11-22(23)29-15-13-20(14-16-29)25(26)31/h4-8,10-11,17-18,20,28H,3,9,12-16H2,1-2H3,(H2,26,31)(H,27,30). The molecular formula is C25H34N4O4S. The number of nitrogens with one attached hydrogen (secondary N) is 2. The number of benzene rings is 2. The van der Waals surface area contributed by atoms with E-state index in [0.29, 0.717) is 56.6 Å². The molecule has 1 unspecified atom stereocenters. The first kappa shape index (κ1) is 25.7. The number of carbonyl (C=O) groups excluding carboxylic acids is 2. The Labute approximate surface area is 202 Å². The highest BCUT2D eigenvalue weighted by Crippen LogP contribution is 2.32. The van der Waals surface area contributed by atoms with E-state index in [1.165, 1.54) is 6.07 Å². The minimum absolute atomic E-state index is 0.117. The van der Waals surface area contributed by atoms with Gasteiger partial charge in [0, 0.05) is 37.2 Å². The topological polar surface area (TPSA) is 122 Å². The van der Waals surface area contributed by atoms with Crippen molar-refractivity contribution in [3.63, 3.8) is 0 Å². The van der Waals surface area contributed by atoms with Crippen LogP contribution in [0.1, 0.15) is 45.1 Å². The first-order valence-electron chi connectivity index (χ1n) is 11.7. The van der Waals surface area contributed by atoms with E-state index in [1.807, 2.05) is 49.1 Å². The lowest BCUT2D eigenvalue weighted by Gasteiger charge is -2.33. The second kappa shape index (κ2) is 11.5. The number of primary amides is 1. The molecule has 9 heteroatoms. The van der Waals surface area contributed by atoms with Gasteiger partial charge in [-0.15, -0.1) is 0 Å². The first-order chi connectivity index (χ1) is 16.2. The molecule has 4 N–H and O–H groups in total. The summed E-state index contributed by atoms with van der Waals surface area (Å²) >= 11 is 0. The summed E-state index contributed by atoms with van der Waals surface area (Å²) in [5.74, 6) is -0.700. The van der Waals surface area contributed by atoms with E-state index in [1.54, 1.807) is 12.1 Å². The van der Waals surface area contributed by atoms with Crippen molar-refractivity contribution >= 4 is 33.2 Å². The molecule has 0 saturated carbocycles. The van der Waals surface area contributed by atoms with Crippen LogP contribution in [0.15, 0.2) is 53.4 Å². The van der Waals surface area contributed by atoms with Crippen LogP contribution in [0.2, 0.25) is 0 Å². The Balaban J connectivity index is 1.81. The number of piperidine rings is 1. The highest BCUT2D eigenvalue weighted by atomic mass is 32.2. The summed E-state index contributed by atoms with van der Waals surface area (Å²) < 4.78 is 29.2. The second-order valence-electron chi connectivity index (χ2n) is 8.81. The molecule has 1 fully saturated rings. The predicted octanol–water partition coefficient (Wildman–Crippen LogP) is 3.04. The van der Waals surface area contributed by atoms with Crippen LogP contribution in [0, 0.1) is 5.92 Å². The Morgan fingerprint density at radius 3 is 2.41 bits per heavy atom. The molecule has 0 aromatic heterocycles. The number of hydrogen-bond donors (Lipinski definition) is 3. The van der Waals surface area contributed by atoms with Gasteiger partial charge in [0.05, 0.1) is 5.69 Å². The van der Waals surface area contributed by atoms with Gasteiger partial charge in [-0.3, -0.25) is 9.59 Å². The lowest BCUT2D eigenvalue weighted by atomic mass is 9.96. The first-order valence-corrected chi connectivity index (χ1v) is 13.2. The van der Waals surface area contributed by atoms with E-state index in [9.17, 15) is 18.0 Å². The normalized spacial score (nSPS) is 15.6. The molecule has 2 aromatic rings. The zero-order chi connectivity index (χ0) is 24.7. The van der Waals surface area contributed by atoms with Crippen molar-refractivity contribution in [3.05, 3.63) is 54.1 Å². The summed E-state index contributed by atoms with van der Waals surface area (Å²) in [7, 11) is -3.83. The molecule has 1 atom stereocenters. The fourth-order valence-corrected chi connectivity index (χ4v) is 5.59. The van der Waals surface area contributed by atoms with Gasteiger partial charge in [-0.1, -0.05) is 37.3 Å². The number of sulfonamides is 1. The Hall–Kier alpha value is -2.91. The quantitative estimate of drug-likeness (QED) is 0.477. The van der Waals surface area contributed by atoms with Gasteiger partial charge in [0.2, 0.25) is 21.8 Å². The zero-order valence-corrected chi connectivity index (χ0v) is 20.6. The lowest BCUT2D eigenvalue weighted by molar-refractivity contribution is -0.122. The maximum Gasteiger partial charge on any atom is 0.242 e. The summed E-state index contributed by atoms with van der Waals surface area (Å²) in [6, 6.07) is 14.4. The molecule has 0 spiro atoms. The molecule has 1 aliphatic rings. The molecular weight excluding hydrogens is 452 g/mol. The predicted molar refractivity (Wildman–Crippen MR) is 134 cm³/mol. The van der Waals surface area contributed by atoms with Crippen LogP contribution < -0.4 is 20.7 Å². The molecule has 1 heterocycles. The highest BCUT2D eigenvalue weighted by molar-refractivity contribution is 7.89. The van der Waals surface area contributed by atoms with Crippen molar-refractivity contribution in [2.24, 2.45) is 11.7 Å². The van der Waals surface area contributed by atoms with E-state index in [4.69, 9.17) is 5.73 Å². The summed E-state index contributed by atoms with van der Waals surface area (Å²) in [5.41, 5.74) is 7.49. The molecule has 184 valence electrons. The molecule has 8 nitrogen and oxygen atoms in total. The summed E-state index contributed by atoms with van der Waals surface area (Å²) in [6.45, 7) is 4.78. The summed E-state index contributed by atoms with van der Waals surface area (Å²) in [6.07, 6.45) is 2.69. The van der Waals surface area contributed by atoms with E-state index >= 15 is 0 Å². The van der Waals surface area contributed by atoms with Gasteiger partial charge in [-0.25, -0.2) is 13.1 Å². The number of nitrogens with zero attached hydrogens (tertiary/aromatic N) is 1. The van der Waals surface area contributed by atoms with Crippen LogP contribution >= 0.6 is 0 Å². The van der Waals surface area contributed by atoms with Gasteiger partial charge < -0.3 is 16.0 Å². The van der Waals surface area contributed by atoms with Crippen LogP contribution in [0.5, 0.6) is 0 Å². The maximum absolute atomic E-state index is 13.3. The molecule has 1 aliphatic heterocycles. The fourth-order valence-electron chi connectivity index (χ4n) is 4.01. The average Bonchev–Trinajstić information content (AvgIpc) is 2.83. The minimum atomic E-state index is -3.83. The van der Waals surface area contributed by atoms with Gasteiger partial charge in [-0.2, -0.15) is 0 Å². The number of anilines is 2. The van der Waals surface area contributed by atoms with Gasteiger partial charge in [0.1, 0.15) is 4.90 Å². The zero-order valence-electron chi connectivity index (χ0n) is 19.8. The Kier molecular flexibility index (Phi) is 8.68. The molecule has 34 heavy (non-hydrogen) atoms. The number of rotatable bonds is 10. The van der Waals surface area contributed by atoms with E-state index < -0.39 is 10.0 Å². The Bertz CT molecular complexity index is 1100. The second-order valence-corrected chi connectivity index (χ2v) is 10.5. The summed E-state index contributed by atoms with van der Waals surface area (Å²) in [4.78, 5) is 26.1. The van der Waals surface area contributed by atoms with Gasteiger partial charge >= 0.3 is 0 Å². The third-order valence-corrected chi connectivity index (χ3v) is 7.84. The van der Waals surface area contributed by atoms with Crippen molar-refractivity contribution in [2.75, 3.05) is 23.3 Å². The van der Waals surface area contributed by atoms with Gasteiger partial charge in [-0.05, 0) is 56.4 Å². The van der Waals surface area contributed by atoms with Crippen LogP contribution in [0.4, 0.5) is 11.4 Å². The minimum Gasteiger partial charge on any atom is -0.370 e. The Morgan fingerprint density at radius 2 is 1.79 bits per heavy atom. The molecule has 3 rings (SSSR count). The van der Waals surface area contributed by atoms with E-state index in [2.05, 4.69) is 10.0 Å². The largest absolute Gasteiger partial charge is 0.370 e. The number of amides is 2. The van der Waals surface area contributed by atoms with Crippen molar-refractivity contribution in [1.82, 2.24) is 4.72 Å². The van der Waals surface area contributed by atoms with Crippen molar-refractivity contribution in [1.29, 1.82) is 0 Å². The molecule has 1 saturated heterocycles. The van der Waals surface area contributed by atoms with E-state index in [-0.39, 0.29) is 28.7 Å². The van der Waals surface area contributed by atoms with Crippen LogP contribution in [-0.4, -0.2) is 39.4 Å². The fraction of sp³-hybridized carbons (Fsp3) is 0.440. The molecule has 0 aliphatic carbocycles. The lowest BCUT2D eigenvalue weighted by Crippen LogP contribution is -2.40. The van der Waals surface area contributed by atoms with E-state index in [0.717, 1.165) is 5.56 Å². The van der Waals surface area contributed by atoms with Crippen LogP contribution in [-0.2, 0) is 26.0 Å².